The molecule has 1 heterocycles. The molecule has 5 nitrogen and oxygen atoms in total. The second-order valence-corrected chi connectivity index (χ2v) is 6.24. The molecule has 0 atom stereocenters. The van der Waals surface area contributed by atoms with Crippen molar-refractivity contribution in [3.05, 3.63) is 84.1 Å². The van der Waals surface area contributed by atoms with Gasteiger partial charge in [0.25, 0.3) is 0 Å². The minimum absolute atomic E-state index is 0.120. The maximum absolute atomic E-state index is 13.1. The smallest absolute Gasteiger partial charge is 0.220 e. The van der Waals surface area contributed by atoms with E-state index in [1.807, 2.05) is 0 Å². The number of pyridine rings is 1. The molecule has 2 aromatic carbocycles. The molecular weight excluding hydrogens is 378 g/mol. The van der Waals surface area contributed by atoms with Crippen molar-refractivity contribution in [2.75, 3.05) is 6.61 Å². The van der Waals surface area contributed by atoms with Crippen molar-refractivity contribution >= 4 is 5.91 Å². The molecule has 0 aliphatic carbocycles. The number of rotatable bonds is 9. The first kappa shape index (κ1) is 20.3. The van der Waals surface area contributed by atoms with E-state index in [0.717, 1.165) is 5.56 Å². The second kappa shape index (κ2) is 10.2. The highest BCUT2D eigenvalue weighted by Gasteiger charge is 2.05. The molecule has 3 rings (SSSR count). The number of nitrogens with zero attached hydrogens (tertiary/aromatic N) is 1. The quantitative estimate of drug-likeness (QED) is 0.534. The highest BCUT2D eigenvalue weighted by Crippen LogP contribution is 2.20. The molecule has 0 aliphatic rings. The second-order valence-electron chi connectivity index (χ2n) is 6.24. The topological polar surface area (TPSA) is 60.5 Å². The van der Waals surface area contributed by atoms with Crippen molar-refractivity contribution in [3.8, 4) is 17.4 Å². The van der Waals surface area contributed by atoms with Crippen LogP contribution in [0.4, 0.5) is 8.78 Å². The number of ether oxygens (including phenoxy) is 2. The van der Waals surface area contributed by atoms with Crippen molar-refractivity contribution in [3.63, 3.8) is 0 Å². The minimum Gasteiger partial charge on any atom is -0.493 e. The number of hydrogen-bond donors (Lipinski definition) is 1. The normalized spacial score (nSPS) is 10.4. The van der Waals surface area contributed by atoms with E-state index < -0.39 is 0 Å². The molecule has 29 heavy (non-hydrogen) atoms. The Hall–Kier alpha value is -3.48. The lowest BCUT2D eigenvalue weighted by Gasteiger charge is -2.09. The summed E-state index contributed by atoms with van der Waals surface area (Å²) in [5, 5.41) is 2.82. The van der Waals surface area contributed by atoms with E-state index in [2.05, 4.69) is 10.3 Å². The minimum atomic E-state index is -0.361. The predicted octanol–water partition coefficient (Wildman–Crippen LogP) is 4.63. The molecule has 7 heteroatoms. The number of amides is 1. The number of nitrogens with one attached hydrogen (secondary N) is 1. The average Bonchev–Trinajstić information content (AvgIpc) is 2.72. The lowest BCUT2D eigenvalue weighted by atomic mass is 10.2. The van der Waals surface area contributed by atoms with E-state index in [1.54, 1.807) is 30.5 Å². The molecule has 0 unspecified atom stereocenters. The van der Waals surface area contributed by atoms with Gasteiger partial charge >= 0.3 is 0 Å². The molecule has 0 saturated carbocycles. The molecule has 0 bridgehead atoms. The summed E-state index contributed by atoms with van der Waals surface area (Å²) in [7, 11) is 0. The standard InChI is InChI=1S/C22H20F2N2O3/c23-17-6-8-19(9-7-17)29-22-13-16(10-11-25-22)15-26-21(27)5-2-12-28-20-4-1-3-18(24)14-20/h1,3-4,6-11,13-14H,2,5,12,15H2,(H,26,27). The zero-order chi connectivity index (χ0) is 20.5. The van der Waals surface area contributed by atoms with Crippen LogP contribution < -0.4 is 14.8 Å². The Kier molecular flexibility index (Phi) is 7.10. The van der Waals surface area contributed by atoms with E-state index in [1.165, 1.54) is 36.4 Å². The first-order valence-corrected chi connectivity index (χ1v) is 9.12. The number of halogens is 2. The number of hydrogen-bond acceptors (Lipinski definition) is 4. The highest BCUT2D eigenvalue weighted by atomic mass is 19.1. The Bertz CT molecular complexity index is 949. The third-order valence-electron chi connectivity index (χ3n) is 3.94. The number of aromatic nitrogens is 1. The molecule has 0 fully saturated rings. The molecule has 1 aromatic heterocycles. The molecule has 3 aromatic rings. The van der Waals surface area contributed by atoms with Crippen LogP contribution in [0.3, 0.4) is 0 Å². The van der Waals surface area contributed by atoms with Crippen molar-refractivity contribution < 1.29 is 23.0 Å². The molecule has 0 saturated heterocycles. The van der Waals surface area contributed by atoms with Gasteiger partial charge < -0.3 is 14.8 Å². The number of benzene rings is 2. The molecule has 0 radical (unpaired) electrons. The summed E-state index contributed by atoms with van der Waals surface area (Å²) in [4.78, 5) is 16.1. The van der Waals surface area contributed by atoms with Crippen molar-refractivity contribution in [1.82, 2.24) is 10.3 Å². The van der Waals surface area contributed by atoms with E-state index in [4.69, 9.17) is 9.47 Å². The van der Waals surface area contributed by atoms with Gasteiger partial charge in [-0.05, 0) is 54.4 Å². The van der Waals surface area contributed by atoms with Crippen LogP contribution in [0.2, 0.25) is 0 Å². The van der Waals surface area contributed by atoms with Gasteiger partial charge in [0.15, 0.2) is 0 Å². The molecule has 150 valence electrons. The number of carbonyl (C=O) groups is 1. The van der Waals surface area contributed by atoms with Crippen LogP contribution in [-0.2, 0) is 11.3 Å². The fraction of sp³-hybridized carbons (Fsp3) is 0.182. The first-order valence-electron chi connectivity index (χ1n) is 9.12. The zero-order valence-electron chi connectivity index (χ0n) is 15.6. The van der Waals surface area contributed by atoms with Crippen molar-refractivity contribution in [1.29, 1.82) is 0 Å². The fourth-order valence-corrected chi connectivity index (χ4v) is 2.51. The van der Waals surface area contributed by atoms with Gasteiger partial charge in [0, 0.05) is 31.3 Å². The predicted molar refractivity (Wildman–Crippen MR) is 104 cm³/mol. The Labute approximate surface area is 167 Å². The van der Waals surface area contributed by atoms with Gasteiger partial charge in [-0.3, -0.25) is 4.79 Å². The lowest BCUT2D eigenvalue weighted by Crippen LogP contribution is -2.23. The molecule has 1 N–H and O–H groups in total. The Morgan fingerprint density at radius 3 is 2.59 bits per heavy atom. The summed E-state index contributed by atoms with van der Waals surface area (Å²) in [6.45, 7) is 0.647. The van der Waals surface area contributed by atoms with Crippen molar-refractivity contribution in [2.24, 2.45) is 0 Å². The van der Waals surface area contributed by atoms with Gasteiger partial charge in [0.1, 0.15) is 23.1 Å². The van der Waals surface area contributed by atoms with E-state index in [0.29, 0.717) is 43.4 Å². The van der Waals surface area contributed by atoms with Crippen LogP contribution in [0.25, 0.3) is 0 Å². The van der Waals surface area contributed by atoms with Gasteiger partial charge in [-0.1, -0.05) is 6.07 Å². The Balaban J connectivity index is 1.40. The van der Waals surface area contributed by atoms with Gasteiger partial charge in [-0.25, -0.2) is 13.8 Å². The van der Waals surface area contributed by atoms with Crippen molar-refractivity contribution in [2.45, 2.75) is 19.4 Å². The van der Waals surface area contributed by atoms with Gasteiger partial charge in [-0.2, -0.15) is 0 Å². The van der Waals surface area contributed by atoms with Crippen LogP contribution in [-0.4, -0.2) is 17.5 Å². The summed E-state index contributed by atoms with van der Waals surface area (Å²) < 4.78 is 37.0. The van der Waals surface area contributed by atoms with Gasteiger partial charge in [-0.15, -0.1) is 0 Å². The third-order valence-corrected chi connectivity index (χ3v) is 3.94. The van der Waals surface area contributed by atoms with E-state index >= 15 is 0 Å². The van der Waals surface area contributed by atoms with Gasteiger partial charge in [0.05, 0.1) is 6.61 Å². The monoisotopic (exact) mass is 398 g/mol. The zero-order valence-corrected chi connectivity index (χ0v) is 15.6. The van der Waals surface area contributed by atoms with E-state index in [-0.39, 0.29) is 17.5 Å². The van der Waals surface area contributed by atoms with Crippen LogP contribution in [0.5, 0.6) is 17.4 Å². The molecular formula is C22H20F2N2O3. The summed E-state index contributed by atoms with van der Waals surface area (Å²) in [6.07, 6.45) is 2.38. The first-order chi connectivity index (χ1) is 14.1. The maximum atomic E-state index is 13.1. The lowest BCUT2D eigenvalue weighted by molar-refractivity contribution is -0.121. The third kappa shape index (κ3) is 6.88. The summed E-state index contributed by atoms with van der Waals surface area (Å²) in [6, 6.07) is 15.0. The van der Waals surface area contributed by atoms with Crippen LogP contribution in [0.1, 0.15) is 18.4 Å². The SMILES string of the molecule is O=C(CCCOc1cccc(F)c1)NCc1ccnc(Oc2ccc(F)cc2)c1. The summed E-state index contributed by atoms with van der Waals surface area (Å²) in [5.74, 6) is 0.440. The largest absolute Gasteiger partial charge is 0.493 e. The number of carbonyl (C=O) groups excluding carboxylic acids is 1. The molecule has 0 spiro atoms. The fourth-order valence-electron chi connectivity index (χ4n) is 2.51. The average molecular weight is 398 g/mol. The molecule has 0 aliphatic heterocycles. The summed E-state index contributed by atoms with van der Waals surface area (Å²) in [5.41, 5.74) is 0.821. The van der Waals surface area contributed by atoms with Gasteiger partial charge in [0.2, 0.25) is 11.8 Å². The van der Waals surface area contributed by atoms with Crippen LogP contribution in [0, 0.1) is 11.6 Å². The highest BCUT2D eigenvalue weighted by molar-refractivity contribution is 5.75. The Morgan fingerprint density at radius 1 is 0.966 bits per heavy atom. The summed E-state index contributed by atoms with van der Waals surface area (Å²) >= 11 is 0. The van der Waals surface area contributed by atoms with E-state index in [9.17, 15) is 13.6 Å². The molecule has 1 amide bonds. The Morgan fingerprint density at radius 2 is 1.79 bits per heavy atom. The maximum Gasteiger partial charge on any atom is 0.220 e. The van der Waals surface area contributed by atoms with Crippen LogP contribution in [0.15, 0.2) is 66.9 Å². The van der Waals surface area contributed by atoms with Crippen LogP contribution >= 0.6 is 0 Å².